The Morgan fingerprint density at radius 1 is 1.21 bits per heavy atom. The minimum absolute atomic E-state index is 0.0950. The molecule has 0 saturated heterocycles. The predicted molar refractivity (Wildman–Crippen MR) is 84.8 cm³/mol. The minimum atomic E-state index is -0.436. The van der Waals surface area contributed by atoms with Gasteiger partial charge in [0.15, 0.2) is 0 Å². The van der Waals surface area contributed by atoms with Crippen molar-refractivity contribution in [2.24, 2.45) is 0 Å². The zero-order valence-corrected chi connectivity index (χ0v) is 14.2. The van der Waals surface area contributed by atoms with Gasteiger partial charge in [0.05, 0.1) is 5.38 Å². The van der Waals surface area contributed by atoms with Gasteiger partial charge in [0, 0.05) is 19.8 Å². The number of alkyl halides is 1. The summed E-state index contributed by atoms with van der Waals surface area (Å²) in [6, 6.07) is 9.05. The van der Waals surface area contributed by atoms with Gasteiger partial charge in [-0.05, 0) is 29.7 Å². The topological polar surface area (TPSA) is 0 Å². The second kappa shape index (κ2) is 5.55. The molecule has 0 fully saturated rings. The van der Waals surface area contributed by atoms with Gasteiger partial charge in [0.1, 0.15) is 5.82 Å². The zero-order valence-electron chi connectivity index (χ0n) is 11.0. The molecule has 0 amide bonds. The average molecular weight is 362 g/mol. The van der Waals surface area contributed by atoms with Crippen LogP contribution in [-0.2, 0) is 5.41 Å². The van der Waals surface area contributed by atoms with Crippen LogP contribution < -0.4 is 0 Å². The van der Waals surface area contributed by atoms with E-state index in [0.29, 0.717) is 5.56 Å². The summed E-state index contributed by atoms with van der Waals surface area (Å²) in [6.07, 6.45) is 0. The largest absolute Gasteiger partial charge is 0.207 e. The van der Waals surface area contributed by atoms with Gasteiger partial charge in [-0.25, -0.2) is 4.39 Å². The Kier molecular flexibility index (Phi) is 4.38. The van der Waals surface area contributed by atoms with Crippen LogP contribution in [0.2, 0.25) is 0 Å². The van der Waals surface area contributed by atoms with E-state index < -0.39 is 5.38 Å². The summed E-state index contributed by atoms with van der Waals surface area (Å²) >= 11 is 11.3. The van der Waals surface area contributed by atoms with E-state index in [1.54, 1.807) is 17.4 Å². The normalized spacial score (nSPS) is 13.6. The van der Waals surface area contributed by atoms with Gasteiger partial charge in [0.25, 0.3) is 0 Å². The van der Waals surface area contributed by atoms with Gasteiger partial charge in [-0.15, -0.1) is 22.9 Å². The third-order valence-corrected chi connectivity index (χ3v) is 5.52. The molecule has 0 bridgehead atoms. The fraction of sp³-hybridized carbons (Fsp3) is 0.333. The van der Waals surface area contributed by atoms with Gasteiger partial charge in [-0.2, -0.15) is 0 Å². The molecule has 2 aromatic rings. The van der Waals surface area contributed by atoms with E-state index in [0.717, 1.165) is 9.35 Å². The molecule has 1 atom stereocenters. The van der Waals surface area contributed by atoms with Gasteiger partial charge >= 0.3 is 0 Å². The van der Waals surface area contributed by atoms with Crippen LogP contribution in [0.15, 0.2) is 34.8 Å². The fourth-order valence-electron chi connectivity index (χ4n) is 1.75. The lowest BCUT2D eigenvalue weighted by Crippen LogP contribution is -2.07. The third kappa shape index (κ3) is 3.39. The molecule has 0 saturated carbocycles. The highest BCUT2D eigenvalue weighted by atomic mass is 79.9. The van der Waals surface area contributed by atoms with Crippen LogP contribution >= 0.6 is 38.9 Å². The smallest absolute Gasteiger partial charge is 0.129 e. The highest BCUT2D eigenvalue weighted by Gasteiger charge is 2.21. The highest BCUT2D eigenvalue weighted by Crippen LogP contribution is 2.38. The first kappa shape index (κ1) is 15.0. The molecule has 1 aromatic heterocycles. The van der Waals surface area contributed by atoms with Crippen molar-refractivity contribution in [3.63, 3.8) is 0 Å². The first-order valence-corrected chi connectivity index (χ1v) is 8.03. The standard InChI is InChI=1S/C15H15BrClFS/c1-15(2,3)13-7-6-12(19-13)14(17)10-5-4-9(16)8-11(10)18/h4-8,14H,1-3H3. The zero-order chi connectivity index (χ0) is 14.2. The SMILES string of the molecule is CC(C)(C)c1ccc(C(Cl)c2ccc(Br)cc2F)s1. The molecule has 0 radical (unpaired) electrons. The van der Waals surface area contributed by atoms with Gasteiger partial charge in [0.2, 0.25) is 0 Å². The van der Waals surface area contributed by atoms with Crippen LogP contribution in [0.25, 0.3) is 0 Å². The summed E-state index contributed by atoms with van der Waals surface area (Å²) in [7, 11) is 0. The summed E-state index contributed by atoms with van der Waals surface area (Å²) < 4.78 is 14.6. The van der Waals surface area contributed by atoms with Crippen molar-refractivity contribution in [1.29, 1.82) is 0 Å². The lowest BCUT2D eigenvalue weighted by Gasteiger charge is -2.15. The van der Waals surface area contributed by atoms with E-state index in [1.807, 2.05) is 12.1 Å². The average Bonchev–Trinajstić information content (AvgIpc) is 2.76. The molecule has 0 aliphatic carbocycles. The maximum absolute atomic E-state index is 13.9. The number of halogens is 3. The molecule has 1 heterocycles. The summed E-state index contributed by atoms with van der Waals surface area (Å²) in [5.74, 6) is -0.278. The van der Waals surface area contributed by atoms with Gasteiger partial charge in [-0.3, -0.25) is 0 Å². The Hall–Kier alpha value is -0.380. The maximum Gasteiger partial charge on any atom is 0.129 e. The Bertz CT molecular complexity index is 586. The van der Waals surface area contributed by atoms with Crippen molar-refractivity contribution in [2.75, 3.05) is 0 Å². The first-order chi connectivity index (χ1) is 8.79. The van der Waals surface area contributed by atoms with E-state index in [1.165, 1.54) is 10.9 Å². The Labute approximate surface area is 130 Å². The number of hydrogen-bond acceptors (Lipinski definition) is 1. The van der Waals surface area contributed by atoms with Gasteiger partial charge in [-0.1, -0.05) is 42.8 Å². The minimum Gasteiger partial charge on any atom is -0.207 e. The Morgan fingerprint density at radius 3 is 2.42 bits per heavy atom. The molecule has 102 valence electrons. The van der Waals surface area contributed by atoms with Crippen LogP contribution in [0.3, 0.4) is 0 Å². The van der Waals surface area contributed by atoms with Crippen molar-refractivity contribution >= 4 is 38.9 Å². The molecule has 0 aliphatic heterocycles. The molecule has 0 N–H and O–H groups in total. The molecule has 2 rings (SSSR count). The van der Waals surface area contributed by atoms with Crippen molar-refractivity contribution in [2.45, 2.75) is 31.6 Å². The molecule has 1 unspecified atom stereocenters. The summed E-state index contributed by atoms with van der Waals surface area (Å²) in [5, 5.41) is -0.436. The van der Waals surface area contributed by atoms with Crippen molar-refractivity contribution in [3.8, 4) is 0 Å². The number of benzene rings is 1. The summed E-state index contributed by atoms with van der Waals surface area (Å²) in [5.41, 5.74) is 0.616. The maximum atomic E-state index is 13.9. The molecular formula is C15H15BrClFS. The number of hydrogen-bond donors (Lipinski definition) is 0. The predicted octanol–water partition coefficient (Wildman–Crippen LogP) is 6.28. The second-order valence-corrected chi connectivity index (χ2v) is 7.95. The molecule has 4 heteroatoms. The van der Waals surface area contributed by atoms with E-state index >= 15 is 0 Å². The van der Waals surface area contributed by atoms with E-state index in [9.17, 15) is 4.39 Å². The van der Waals surface area contributed by atoms with E-state index in [2.05, 4.69) is 42.8 Å². The van der Waals surface area contributed by atoms with Crippen LogP contribution in [0.5, 0.6) is 0 Å². The van der Waals surface area contributed by atoms with Crippen LogP contribution in [0.4, 0.5) is 4.39 Å². The van der Waals surface area contributed by atoms with Crippen LogP contribution in [-0.4, -0.2) is 0 Å². The molecule has 0 spiro atoms. The van der Waals surface area contributed by atoms with Crippen molar-refractivity contribution in [3.05, 3.63) is 55.9 Å². The monoisotopic (exact) mass is 360 g/mol. The molecular weight excluding hydrogens is 347 g/mol. The van der Waals surface area contributed by atoms with Crippen LogP contribution in [0, 0.1) is 5.82 Å². The Morgan fingerprint density at radius 2 is 1.89 bits per heavy atom. The quantitative estimate of drug-likeness (QED) is 0.552. The molecule has 1 aromatic carbocycles. The Balaban J connectivity index is 2.34. The fourth-order valence-corrected chi connectivity index (χ4v) is 3.53. The number of rotatable bonds is 2. The third-order valence-electron chi connectivity index (χ3n) is 2.85. The molecule has 0 aliphatic rings. The lowest BCUT2D eigenvalue weighted by atomic mass is 9.95. The highest BCUT2D eigenvalue weighted by molar-refractivity contribution is 9.10. The summed E-state index contributed by atoms with van der Waals surface area (Å²) in [6.45, 7) is 6.48. The number of thiophene rings is 1. The second-order valence-electron chi connectivity index (χ2n) is 5.48. The first-order valence-electron chi connectivity index (χ1n) is 5.98. The van der Waals surface area contributed by atoms with Crippen molar-refractivity contribution in [1.82, 2.24) is 0 Å². The summed E-state index contributed by atoms with van der Waals surface area (Å²) in [4.78, 5) is 2.23. The van der Waals surface area contributed by atoms with E-state index in [-0.39, 0.29) is 11.2 Å². The molecule has 19 heavy (non-hydrogen) atoms. The molecule has 0 nitrogen and oxygen atoms in total. The van der Waals surface area contributed by atoms with Crippen LogP contribution in [0.1, 0.15) is 41.5 Å². The van der Waals surface area contributed by atoms with Crippen molar-refractivity contribution < 1.29 is 4.39 Å². The van der Waals surface area contributed by atoms with E-state index in [4.69, 9.17) is 11.6 Å². The lowest BCUT2D eigenvalue weighted by molar-refractivity contribution is 0.604. The van der Waals surface area contributed by atoms with Gasteiger partial charge < -0.3 is 0 Å².